The Hall–Kier alpha value is 0. The lowest BCUT2D eigenvalue weighted by molar-refractivity contribution is 0.502. The molecule has 1 fully saturated rings. The molecular formula is C7H14. The molecule has 1 saturated carbocycles. The Labute approximate surface area is 45.9 Å². The SMILES string of the molecule is CC[C@@]1(C)C[C@@H]1C. The van der Waals surface area contributed by atoms with E-state index in [-0.39, 0.29) is 0 Å². The maximum Gasteiger partial charge on any atom is -0.0300 e. The molecule has 0 saturated heterocycles. The lowest BCUT2D eigenvalue weighted by Crippen LogP contribution is -1.90. The topological polar surface area (TPSA) is 0 Å². The van der Waals surface area contributed by atoms with Crippen LogP contribution >= 0.6 is 0 Å². The number of rotatable bonds is 1. The van der Waals surface area contributed by atoms with E-state index in [1.165, 1.54) is 12.8 Å². The summed E-state index contributed by atoms with van der Waals surface area (Å²) < 4.78 is 0. The van der Waals surface area contributed by atoms with Crippen LogP contribution in [0.25, 0.3) is 0 Å². The molecule has 0 N–H and O–H groups in total. The smallest absolute Gasteiger partial charge is 0.0300 e. The molecule has 0 nitrogen and oxygen atoms in total. The van der Waals surface area contributed by atoms with Gasteiger partial charge in [0.05, 0.1) is 0 Å². The zero-order valence-corrected chi connectivity index (χ0v) is 5.49. The Bertz CT molecular complexity index is 72.1. The fourth-order valence-electron chi connectivity index (χ4n) is 1.13. The summed E-state index contributed by atoms with van der Waals surface area (Å²) in [6.45, 7) is 6.99. The molecule has 0 heterocycles. The van der Waals surface area contributed by atoms with Crippen molar-refractivity contribution < 1.29 is 0 Å². The maximum atomic E-state index is 2.37. The minimum atomic E-state index is 0.750. The molecule has 1 aliphatic rings. The number of hydrogen-bond donors (Lipinski definition) is 0. The molecule has 42 valence electrons. The second-order valence-corrected chi connectivity index (χ2v) is 3.11. The van der Waals surface area contributed by atoms with Crippen molar-refractivity contribution in [3.05, 3.63) is 0 Å². The molecule has 0 aromatic rings. The molecule has 1 rings (SSSR count). The standard InChI is InChI=1S/C7H14/c1-4-7(3)5-6(7)2/h6H,4-5H2,1-3H3/t6-,7-/m0/s1. The largest absolute Gasteiger partial charge is 0.0649 e. The van der Waals surface area contributed by atoms with Crippen molar-refractivity contribution in [1.82, 2.24) is 0 Å². The average molecular weight is 98.2 g/mol. The minimum absolute atomic E-state index is 0.750. The molecule has 0 heteroatoms. The summed E-state index contributed by atoms with van der Waals surface area (Å²) in [5.41, 5.74) is 0.750. The third-order valence-corrected chi connectivity index (χ3v) is 2.61. The molecule has 0 aliphatic heterocycles. The summed E-state index contributed by atoms with van der Waals surface area (Å²) in [5.74, 6) is 1.01. The van der Waals surface area contributed by atoms with Crippen LogP contribution in [0.4, 0.5) is 0 Å². The lowest BCUT2D eigenvalue weighted by Gasteiger charge is -2.00. The minimum Gasteiger partial charge on any atom is -0.0649 e. The van der Waals surface area contributed by atoms with E-state index in [0.29, 0.717) is 0 Å². The first-order valence-electron chi connectivity index (χ1n) is 3.19. The van der Waals surface area contributed by atoms with E-state index < -0.39 is 0 Å². The second-order valence-electron chi connectivity index (χ2n) is 3.11. The molecule has 0 amide bonds. The third-order valence-electron chi connectivity index (χ3n) is 2.61. The molecule has 0 bridgehead atoms. The summed E-state index contributed by atoms with van der Waals surface area (Å²) in [6.07, 6.45) is 2.83. The van der Waals surface area contributed by atoms with E-state index >= 15 is 0 Å². The van der Waals surface area contributed by atoms with Crippen LogP contribution in [0.1, 0.15) is 33.6 Å². The van der Waals surface area contributed by atoms with Crippen molar-refractivity contribution >= 4 is 0 Å². The third kappa shape index (κ3) is 0.667. The Morgan fingerprint density at radius 3 is 2.14 bits per heavy atom. The highest BCUT2D eigenvalue weighted by Gasteiger charge is 2.44. The molecular weight excluding hydrogens is 84.1 g/mol. The van der Waals surface area contributed by atoms with Gasteiger partial charge in [-0.1, -0.05) is 27.2 Å². The van der Waals surface area contributed by atoms with Crippen LogP contribution in [-0.4, -0.2) is 0 Å². The van der Waals surface area contributed by atoms with Gasteiger partial charge in [-0.25, -0.2) is 0 Å². The van der Waals surface area contributed by atoms with Gasteiger partial charge in [0.1, 0.15) is 0 Å². The van der Waals surface area contributed by atoms with Gasteiger partial charge in [0.25, 0.3) is 0 Å². The molecule has 0 aromatic heterocycles. The molecule has 2 atom stereocenters. The van der Waals surface area contributed by atoms with Crippen LogP contribution in [0.15, 0.2) is 0 Å². The van der Waals surface area contributed by atoms with Crippen molar-refractivity contribution in [2.45, 2.75) is 33.6 Å². The van der Waals surface area contributed by atoms with Crippen LogP contribution in [0, 0.1) is 11.3 Å². The lowest BCUT2D eigenvalue weighted by atomic mass is 10.0. The van der Waals surface area contributed by atoms with Crippen LogP contribution in [0.5, 0.6) is 0 Å². The molecule has 0 unspecified atom stereocenters. The van der Waals surface area contributed by atoms with Gasteiger partial charge >= 0.3 is 0 Å². The first-order chi connectivity index (χ1) is 3.19. The van der Waals surface area contributed by atoms with Gasteiger partial charge in [0, 0.05) is 0 Å². The van der Waals surface area contributed by atoms with E-state index in [4.69, 9.17) is 0 Å². The Balaban J connectivity index is 2.36. The predicted octanol–water partition coefficient (Wildman–Crippen LogP) is 2.44. The van der Waals surface area contributed by atoms with Crippen molar-refractivity contribution in [3.8, 4) is 0 Å². The summed E-state index contributed by atoms with van der Waals surface area (Å²) in [6, 6.07) is 0. The molecule has 0 spiro atoms. The zero-order chi connectivity index (χ0) is 5.49. The molecule has 0 radical (unpaired) electrons. The van der Waals surface area contributed by atoms with Gasteiger partial charge in [0.2, 0.25) is 0 Å². The summed E-state index contributed by atoms with van der Waals surface area (Å²) in [5, 5.41) is 0. The van der Waals surface area contributed by atoms with Crippen LogP contribution in [-0.2, 0) is 0 Å². The quantitative estimate of drug-likeness (QED) is 0.472. The Morgan fingerprint density at radius 1 is 1.71 bits per heavy atom. The summed E-state index contributed by atoms with van der Waals surface area (Å²) in [7, 11) is 0. The van der Waals surface area contributed by atoms with Gasteiger partial charge in [-0.15, -0.1) is 0 Å². The average Bonchev–Trinajstić information content (AvgIpc) is 2.18. The Kier molecular flexibility index (Phi) is 0.911. The van der Waals surface area contributed by atoms with Gasteiger partial charge in [-0.3, -0.25) is 0 Å². The normalized spacial score (nSPS) is 49.3. The zero-order valence-electron chi connectivity index (χ0n) is 5.49. The van der Waals surface area contributed by atoms with E-state index in [1.807, 2.05) is 0 Å². The van der Waals surface area contributed by atoms with E-state index in [0.717, 1.165) is 11.3 Å². The summed E-state index contributed by atoms with van der Waals surface area (Å²) >= 11 is 0. The molecule has 1 aliphatic carbocycles. The second kappa shape index (κ2) is 1.24. The fourth-order valence-corrected chi connectivity index (χ4v) is 1.13. The Morgan fingerprint density at radius 2 is 2.14 bits per heavy atom. The fraction of sp³-hybridized carbons (Fsp3) is 1.00. The van der Waals surface area contributed by atoms with Gasteiger partial charge < -0.3 is 0 Å². The monoisotopic (exact) mass is 98.1 g/mol. The van der Waals surface area contributed by atoms with Crippen LogP contribution in [0.3, 0.4) is 0 Å². The van der Waals surface area contributed by atoms with Crippen LogP contribution < -0.4 is 0 Å². The highest BCUT2D eigenvalue weighted by molar-refractivity contribution is 4.94. The molecule has 7 heavy (non-hydrogen) atoms. The van der Waals surface area contributed by atoms with Crippen LogP contribution in [0.2, 0.25) is 0 Å². The predicted molar refractivity (Wildman–Crippen MR) is 32.2 cm³/mol. The van der Waals surface area contributed by atoms with Crippen molar-refractivity contribution in [1.29, 1.82) is 0 Å². The van der Waals surface area contributed by atoms with Gasteiger partial charge in [-0.05, 0) is 17.8 Å². The van der Waals surface area contributed by atoms with Gasteiger partial charge in [-0.2, -0.15) is 0 Å². The van der Waals surface area contributed by atoms with Gasteiger partial charge in [0.15, 0.2) is 0 Å². The molecule has 0 aromatic carbocycles. The van der Waals surface area contributed by atoms with E-state index in [1.54, 1.807) is 0 Å². The highest BCUT2D eigenvalue weighted by Crippen LogP contribution is 2.53. The highest BCUT2D eigenvalue weighted by atomic mass is 14.5. The first-order valence-corrected chi connectivity index (χ1v) is 3.19. The van der Waals surface area contributed by atoms with Crippen molar-refractivity contribution in [3.63, 3.8) is 0 Å². The van der Waals surface area contributed by atoms with E-state index in [2.05, 4.69) is 20.8 Å². The van der Waals surface area contributed by atoms with E-state index in [9.17, 15) is 0 Å². The van der Waals surface area contributed by atoms with Crippen molar-refractivity contribution in [2.75, 3.05) is 0 Å². The maximum absolute atomic E-state index is 2.37. The summed E-state index contributed by atoms with van der Waals surface area (Å²) in [4.78, 5) is 0. The van der Waals surface area contributed by atoms with Crippen molar-refractivity contribution in [2.24, 2.45) is 11.3 Å². The first kappa shape index (κ1) is 5.14. The number of hydrogen-bond acceptors (Lipinski definition) is 0.